The highest BCUT2D eigenvalue weighted by Gasteiger charge is 2.26. The van der Waals surface area contributed by atoms with E-state index < -0.39 is 10.0 Å². The molecule has 8 heteroatoms. The van der Waals surface area contributed by atoms with Crippen molar-refractivity contribution in [1.29, 1.82) is 0 Å². The Morgan fingerprint density at radius 3 is 2.48 bits per heavy atom. The number of H-pyrrole nitrogens is 1. The lowest BCUT2D eigenvalue weighted by Crippen LogP contribution is -2.40. The second-order valence-corrected chi connectivity index (χ2v) is 8.22. The van der Waals surface area contributed by atoms with Crippen LogP contribution in [0.2, 0.25) is 5.02 Å². The van der Waals surface area contributed by atoms with Crippen LogP contribution in [0.3, 0.4) is 0 Å². The molecular formula is C17H17ClN3O3S+. The fourth-order valence-corrected chi connectivity index (χ4v) is 4.48. The van der Waals surface area contributed by atoms with Crippen LogP contribution in [0.1, 0.15) is 0 Å². The smallest absolute Gasteiger partial charge is 0.284 e. The van der Waals surface area contributed by atoms with Crippen LogP contribution in [0.5, 0.6) is 0 Å². The number of nitrogens with zero attached hydrogens (tertiary/aromatic N) is 2. The van der Waals surface area contributed by atoms with Crippen molar-refractivity contribution >= 4 is 27.3 Å². The highest BCUT2D eigenvalue weighted by atomic mass is 35.5. The van der Waals surface area contributed by atoms with Crippen LogP contribution in [0.25, 0.3) is 16.9 Å². The molecule has 1 N–H and O–H groups in total. The summed E-state index contributed by atoms with van der Waals surface area (Å²) in [6.45, 7) is 1.66. The van der Waals surface area contributed by atoms with Gasteiger partial charge in [0.25, 0.3) is 5.65 Å². The van der Waals surface area contributed by atoms with Crippen molar-refractivity contribution in [2.24, 2.45) is 0 Å². The molecule has 0 radical (unpaired) electrons. The number of morpholine rings is 1. The molecule has 0 atom stereocenters. The summed E-state index contributed by atoms with van der Waals surface area (Å²) in [6, 6.07) is 10.6. The van der Waals surface area contributed by atoms with Crippen molar-refractivity contribution in [1.82, 2.24) is 9.29 Å². The minimum atomic E-state index is -3.47. The van der Waals surface area contributed by atoms with Gasteiger partial charge in [-0.1, -0.05) is 11.6 Å². The van der Waals surface area contributed by atoms with E-state index in [0.717, 1.165) is 16.9 Å². The predicted octanol–water partition coefficient (Wildman–Crippen LogP) is 2.09. The van der Waals surface area contributed by atoms with E-state index in [1.54, 1.807) is 24.3 Å². The van der Waals surface area contributed by atoms with E-state index in [4.69, 9.17) is 16.3 Å². The normalized spacial score (nSPS) is 16.4. The molecule has 1 aliphatic heterocycles. The Bertz CT molecular complexity index is 1010. The van der Waals surface area contributed by atoms with Gasteiger partial charge in [0.15, 0.2) is 5.69 Å². The summed E-state index contributed by atoms with van der Waals surface area (Å²) in [5.74, 6) is 0. The summed E-state index contributed by atoms with van der Waals surface area (Å²) in [5, 5.41) is 0.648. The molecule has 1 aromatic carbocycles. The number of pyridine rings is 1. The summed E-state index contributed by atoms with van der Waals surface area (Å²) in [7, 11) is -3.47. The Morgan fingerprint density at radius 2 is 1.76 bits per heavy atom. The van der Waals surface area contributed by atoms with Crippen LogP contribution in [0, 0.1) is 0 Å². The Morgan fingerprint density at radius 1 is 1.04 bits per heavy atom. The number of fused-ring (bicyclic) bond motifs is 1. The lowest BCUT2D eigenvalue weighted by Gasteiger charge is -2.26. The van der Waals surface area contributed by atoms with E-state index in [0.29, 0.717) is 36.2 Å². The summed E-state index contributed by atoms with van der Waals surface area (Å²) in [6.07, 6.45) is 3.74. The number of sulfonamides is 1. The second kappa shape index (κ2) is 6.42. The van der Waals surface area contributed by atoms with E-state index in [2.05, 4.69) is 4.98 Å². The first-order chi connectivity index (χ1) is 12.0. The van der Waals surface area contributed by atoms with Gasteiger partial charge in [0, 0.05) is 24.7 Å². The molecule has 2 aromatic heterocycles. The van der Waals surface area contributed by atoms with Crippen LogP contribution in [-0.4, -0.2) is 44.0 Å². The summed E-state index contributed by atoms with van der Waals surface area (Å²) in [4.78, 5) is 3.58. The van der Waals surface area contributed by atoms with E-state index in [1.165, 1.54) is 4.31 Å². The minimum absolute atomic E-state index is 0.296. The summed E-state index contributed by atoms with van der Waals surface area (Å²) < 4.78 is 33.9. The van der Waals surface area contributed by atoms with Crippen LogP contribution in [0.15, 0.2) is 53.7 Å². The van der Waals surface area contributed by atoms with Gasteiger partial charge < -0.3 is 4.74 Å². The van der Waals surface area contributed by atoms with Gasteiger partial charge in [-0.3, -0.25) is 0 Å². The molecule has 0 unspecified atom stereocenters. The maximum Gasteiger partial charge on any atom is 0.284 e. The predicted molar refractivity (Wildman–Crippen MR) is 94.0 cm³/mol. The Hall–Kier alpha value is -1.93. The van der Waals surface area contributed by atoms with Gasteiger partial charge in [0.2, 0.25) is 10.0 Å². The van der Waals surface area contributed by atoms with Crippen molar-refractivity contribution in [2.45, 2.75) is 4.90 Å². The monoisotopic (exact) mass is 378 g/mol. The van der Waals surface area contributed by atoms with Gasteiger partial charge in [0.05, 0.1) is 23.1 Å². The zero-order valence-corrected chi connectivity index (χ0v) is 14.9. The lowest BCUT2D eigenvalue weighted by atomic mass is 10.2. The molecule has 1 aliphatic rings. The largest absolute Gasteiger partial charge is 0.379 e. The van der Waals surface area contributed by atoms with Crippen LogP contribution >= 0.6 is 11.6 Å². The molecule has 3 heterocycles. The molecule has 0 aliphatic carbocycles. The number of hydrogen-bond acceptors (Lipinski definition) is 3. The fourth-order valence-electron chi connectivity index (χ4n) is 2.90. The fraction of sp³-hybridized carbons (Fsp3) is 0.235. The van der Waals surface area contributed by atoms with E-state index in [1.807, 2.05) is 28.9 Å². The first-order valence-electron chi connectivity index (χ1n) is 7.92. The second-order valence-electron chi connectivity index (χ2n) is 5.85. The molecule has 6 nitrogen and oxygen atoms in total. The third-order valence-corrected chi connectivity index (χ3v) is 6.38. The highest BCUT2D eigenvalue weighted by Crippen LogP contribution is 2.22. The summed E-state index contributed by atoms with van der Waals surface area (Å²) in [5.41, 5.74) is 2.70. The van der Waals surface area contributed by atoms with Gasteiger partial charge in [0.1, 0.15) is 12.4 Å². The standard InChI is InChI=1S/C17H16ClN3O3S/c18-14-3-6-17-19-16(12-20(17)11-14)13-1-4-15(5-2-13)25(22,23)21-7-9-24-10-8-21/h1-6,11-12H,7-10H2/p+1. The van der Waals surface area contributed by atoms with Crippen LogP contribution < -0.4 is 4.40 Å². The number of imidazole rings is 1. The Kier molecular flexibility index (Phi) is 4.24. The van der Waals surface area contributed by atoms with E-state index >= 15 is 0 Å². The van der Waals surface area contributed by atoms with Crippen molar-refractivity contribution in [3.8, 4) is 11.3 Å². The average Bonchev–Trinajstić information content (AvgIpc) is 3.06. The van der Waals surface area contributed by atoms with Gasteiger partial charge >= 0.3 is 0 Å². The van der Waals surface area contributed by atoms with Gasteiger partial charge in [-0.05, 0) is 30.3 Å². The van der Waals surface area contributed by atoms with Crippen molar-refractivity contribution in [2.75, 3.05) is 26.3 Å². The first kappa shape index (κ1) is 16.5. The molecule has 0 saturated carbocycles. The zero-order chi connectivity index (χ0) is 17.4. The molecule has 1 saturated heterocycles. The van der Waals surface area contributed by atoms with E-state index in [9.17, 15) is 8.42 Å². The maximum absolute atomic E-state index is 12.7. The van der Waals surface area contributed by atoms with E-state index in [-0.39, 0.29) is 0 Å². The molecule has 3 aromatic rings. The van der Waals surface area contributed by atoms with Crippen LogP contribution in [-0.2, 0) is 14.8 Å². The topological polar surface area (TPSA) is 66.5 Å². The number of rotatable bonds is 3. The summed E-state index contributed by atoms with van der Waals surface area (Å²) >= 11 is 6.00. The maximum atomic E-state index is 12.7. The Balaban J connectivity index is 1.64. The molecule has 0 spiro atoms. The number of halogens is 1. The number of nitrogens with one attached hydrogen (secondary N) is 1. The van der Waals surface area contributed by atoms with Crippen molar-refractivity contribution < 1.29 is 17.6 Å². The number of aromatic amines is 1. The van der Waals surface area contributed by atoms with Gasteiger partial charge in [-0.2, -0.15) is 4.31 Å². The molecule has 130 valence electrons. The lowest BCUT2D eigenvalue weighted by molar-refractivity contribution is -0.509. The van der Waals surface area contributed by atoms with Crippen molar-refractivity contribution in [3.63, 3.8) is 0 Å². The minimum Gasteiger partial charge on any atom is -0.379 e. The molecular weight excluding hydrogens is 362 g/mol. The Labute approximate surface area is 150 Å². The highest BCUT2D eigenvalue weighted by molar-refractivity contribution is 7.89. The van der Waals surface area contributed by atoms with Gasteiger partial charge in [-0.25, -0.2) is 17.8 Å². The van der Waals surface area contributed by atoms with Crippen LogP contribution in [0.4, 0.5) is 0 Å². The molecule has 25 heavy (non-hydrogen) atoms. The molecule has 0 amide bonds. The third-order valence-electron chi connectivity index (χ3n) is 4.25. The van der Waals surface area contributed by atoms with Crippen molar-refractivity contribution in [3.05, 3.63) is 53.8 Å². The SMILES string of the molecule is O=S(=O)(c1ccc(-c2c[n+]3cc(Cl)ccc3[nH]2)cc1)N1CCOCC1. The number of aromatic nitrogens is 2. The van der Waals surface area contributed by atoms with Gasteiger partial charge in [-0.15, -0.1) is 0 Å². The number of hydrogen-bond donors (Lipinski definition) is 1. The first-order valence-corrected chi connectivity index (χ1v) is 9.74. The average molecular weight is 379 g/mol. The quantitative estimate of drug-likeness (QED) is 0.710. The number of benzene rings is 1. The molecule has 0 bridgehead atoms. The third kappa shape index (κ3) is 3.16. The zero-order valence-electron chi connectivity index (χ0n) is 13.4. The molecule has 1 fully saturated rings. The molecule has 4 rings (SSSR count). The number of ether oxygens (including phenoxy) is 1.